The van der Waals surface area contributed by atoms with Crippen LogP contribution in [0.15, 0.2) is 53.7 Å². The molecule has 7 nitrogen and oxygen atoms in total. The summed E-state index contributed by atoms with van der Waals surface area (Å²) in [5, 5.41) is 9.77. The van der Waals surface area contributed by atoms with Gasteiger partial charge in [0.05, 0.1) is 34.5 Å². The number of amides is 2. The van der Waals surface area contributed by atoms with Crippen LogP contribution in [0.1, 0.15) is 25.5 Å². The van der Waals surface area contributed by atoms with E-state index in [1.165, 1.54) is 7.11 Å². The molecule has 2 aromatic carbocycles. The summed E-state index contributed by atoms with van der Waals surface area (Å²) in [4.78, 5) is 26.7. The molecule has 3 N–H and O–H groups in total. The molecular formula is C22H22Cl2N4O3S. The molecule has 2 aromatic rings. The number of para-hydroxylation sites is 1. The molecule has 0 saturated carbocycles. The van der Waals surface area contributed by atoms with Gasteiger partial charge in [-0.3, -0.25) is 0 Å². The van der Waals surface area contributed by atoms with Crippen molar-refractivity contribution in [3.05, 3.63) is 69.3 Å². The van der Waals surface area contributed by atoms with Crippen molar-refractivity contribution >= 4 is 63.9 Å². The number of ether oxygens (including phenoxy) is 1. The highest BCUT2D eigenvalue weighted by Gasteiger charge is 2.33. The summed E-state index contributed by atoms with van der Waals surface area (Å²) in [7, 11) is 1.35. The number of methoxy groups -OCH3 is 1. The highest BCUT2D eigenvalue weighted by atomic mass is 35.5. The lowest BCUT2D eigenvalue weighted by Gasteiger charge is -2.36. The molecule has 32 heavy (non-hydrogen) atoms. The molecule has 0 unspecified atom stereocenters. The molecule has 1 heterocycles. The maximum atomic E-state index is 12.5. The summed E-state index contributed by atoms with van der Waals surface area (Å²) in [5.41, 5.74) is 2.89. The zero-order valence-electron chi connectivity index (χ0n) is 17.7. The maximum Gasteiger partial charge on any atom is 0.337 e. The van der Waals surface area contributed by atoms with E-state index in [0.717, 1.165) is 11.3 Å². The van der Waals surface area contributed by atoms with Crippen LogP contribution >= 0.6 is 35.4 Å². The lowest BCUT2D eigenvalue weighted by Crippen LogP contribution is -2.47. The van der Waals surface area contributed by atoms with Crippen LogP contribution in [0.3, 0.4) is 0 Å². The third-order valence-corrected chi connectivity index (χ3v) is 5.99. The Morgan fingerprint density at radius 3 is 2.31 bits per heavy atom. The molecule has 3 rings (SSSR count). The second kappa shape index (κ2) is 10.2. The number of allylic oxidation sites excluding steroid dienone is 1. The van der Waals surface area contributed by atoms with Crippen LogP contribution in [0.4, 0.5) is 16.2 Å². The molecule has 0 spiro atoms. The van der Waals surface area contributed by atoms with Crippen LogP contribution < -0.4 is 16.0 Å². The van der Waals surface area contributed by atoms with Crippen LogP contribution in [0.5, 0.6) is 0 Å². The van der Waals surface area contributed by atoms with Crippen molar-refractivity contribution < 1.29 is 14.3 Å². The number of hydrogen-bond donors (Lipinski definition) is 3. The van der Waals surface area contributed by atoms with Gasteiger partial charge in [0.2, 0.25) is 0 Å². The van der Waals surface area contributed by atoms with Crippen molar-refractivity contribution in [2.24, 2.45) is 0 Å². The minimum Gasteiger partial charge on any atom is -0.466 e. The Hall–Kier alpha value is -2.81. The fraction of sp³-hybridized carbons (Fsp3) is 0.227. The smallest absolute Gasteiger partial charge is 0.337 e. The molecule has 0 aromatic heterocycles. The average Bonchev–Trinajstić information content (AvgIpc) is 2.76. The standard InChI is InChI=1S/C22H22Cl2N4O3S/c1-4-28-12(2)17(20(29)31-3)18(27-22(28)32)13-8-10-14(11-9-13)25-21(30)26-19-15(23)6-5-7-16(19)24/h5-11,18H,4H2,1-3H3,(H,27,32)(H2,25,26,30)/t18-/m0/s1. The Bertz CT molecular complexity index is 1070. The van der Waals surface area contributed by atoms with Crippen molar-refractivity contribution in [2.75, 3.05) is 24.3 Å². The second-order valence-electron chi connectivity index (χ2n) is 6.92. The topological polar surface area (TPSA) is 82.7 Å². The van der Waals surface area contributed by atoms with Gasteiger partial charge in [0.25, 0.3) is 0 Å². The first kappa shape index (κ1) is 23.8. The third-order valence-electron chi connectivity index (χ3n) is 5.02. The predicted molar refractivity (Wildman–Crippen MR) is 131 cm³/mol. The summed E-state index contributed by atoms with van der Waals surface area (Å²) in [5.74, 6) is -0.431. The number of hydrogen-bond acceptors (Lipinski definition) is 4. The van der Waals surface area contributed by atoms with Gasteiger partial charge < -0.3 is 25.6 Å². The maximum absolute atomic E-state index is 12.5. The van der Waals surface area contributed by atoms with E-state index in [1.54, 1.807) is 42.5 Å². The monoisotopic (exact) mass is 492 g/mol. The van der Waals surface area contributed by atoms with Gasteiger partial charge in [-0.2, -0.15) is 0 Å². The summed E-state index contributed by atoms with van der Waals surface area (Å²) < 4.78 is 5.00. The molecule has 2 amide bonds. The lowest BCUT2D eigenvalue weighted by atomic mass is 9.95. The Labute approximate surface area is 201 Å². The molecule has 1 aliphatic rings. The molecular weight excluding hydrogens is 471 g/mol. The van der Waals surface area contributed by atoms with Gasteiger partial charge in [-0.1, -0.05) is 41.4 Å². The van der Waals surface area contributed by atoms with E-state index < -0.39 is 18.0 Å². The van der Waals surface area contributed by atoms with Gasteiger partial charge in [-0.25, -0.2) is 9.59 Å². The van der Waals surface area contributed by atoms with E-state index >= 15 is 0 Å². The SMILES string of the molecule is CCN1C(=S)N[C@@H](c2ccc(NC(=O)Nc3c(Cl)cccc3Cl)cc2)C(C(=O)OC)=C1C. The van der Waals surface area contributed by atoms with Gasteiger partial charge in [-0.15, -0.1) is 0 Å². The van der Waals surface area contributed by atoms with E-state index in [-0.39, 0.29) is 0 Å². The van der Waals surface area contributed by atoms with Crippen molar-refractivity contribution in [1.29, 1.82) is 0 Å². The number of carbonyl (C=O) groups excluding carboxylic acids is 2. The van der Waals surface area contributed by atoms with Gasteiger partial charge in [0.15, 0.2) is 5.11 Å². The molecule has 10 heteroatoms. The second-order valence-corrected chi connectivity index (χ2v) is 8.12. The molecule has 0 aliphatic carbocycles. The fourth-order valence-electron chi connectivity index (χ4n) is 3.44. The number of esters is 1. The largest absolute Gasteiger partial charge is 0.466 e. The number of urea groups is 1. The van der Waals surface area contributed by atoms with E-state index in [2.05, 4.69) is 16.0 Å². The van der Waals surface area contributed by atoms with Crippen LogP contribution in [0.2, 0.25) is 10.0 Å². The zero-order chi connectivity index (χ0) is 23.4. The number of nitrogens with zero attached hydrogens (tertiary/aromatic N) is 1. The molecule has 168 valence electrons. The van der Waals surface area contributed by atoms with Crippen LogP contribution in [0.25, 0.3) is 0 Å². The van der Waals surface area contributed by atoms with Gasteiger partial charge in [0.1, 0.15) is 0 Å². The Balaban J connectivity index is 1.80. The predicted octanol–water partition coefficient (Wildman–Crippen LogP) is 5.34. The number of anilines is 2. The first-order chi connectivity index (χ1) is 15.3. The highest BCUT2D eigenvalue weighted by molar-refractivity contribution is 7.80. The minimum absolute atomic E-state index is 0.327. The van der Waals surface area contributed by atoms with Crippen molar-refractivity contribution in [2.45, 2.75) is 19.9 Å². The van der Waals surface area contributed by atoms with Crippen LogP contribution in [0, 0.1) is 0 Å². The number of halogens is 2. The minimum atomic E-state index is -0.491. The van der Waals surface area contributed by atoms with Gasteiger partial charge in [0, 0.05) is 17.9 Å². The molecule has 0 radical (unpaired) electrons. The zero-order valence-corrected chi connectivity index (χ0v) is 20.0. The molecule has 0 bridgehead atoms. The summed E-state index contributed by atoms with van der Waals surface area (Å²) in [6.45, 7) is 4.42. The van der Waals surface area contributed by atoms with Gasteiger partial charge in [-0.05, 0) is 55.9 Å². The fourth-order valence-corrected chi connectivity index (χ4v) is 4.31. The summed E-state index contributed by atoms with van der Waals surface area (Å²) >= 11 is 17.6. The lowest BCUT2D eigenvalue weighted by molar-refractivity contribution is -0.136. The first-order valence-electron chi connectivity index (χ1n) is 9.75. The van der Waals surface area contributed by atoms with Crippen molar-refractivity contribution in [3.63, 3.8) is 0 Å². The Morgan fingerprint density at radius 1 is 1.12 bits per heavy atom. The quantitative estimate of drug-likeness (QED) is 0.386. The molecule has 1 atom stereocenters. The third kappa shape index (κ3) is 4.98. The summed E-state index contributed by atoms with van der Waals surface area (Å²) in [6, 6.07) is 11.1. The number of thiocarbonyl (C=S) groups is 1. The van der Waals surface area contributed by atoms with Gasteiger partial charge >= 0.3 is 12.0 Å². The first-order valence-corrected chi connectivity index (χ1v) is 10.9. The average molecular weight is 493 g/mol. The molecule has 0 fully saturated rings. The highest BCUT2D eigenvalue weighted by Crippen LogP contribution is 2.32. The summed E-state index contributed by atoms with van der Waals surface area (Å²) in [6.07, 6.45) is 0. The number of rotatable bonds is 5. The number of benzene rings is 2. The van der Waals surface area contributed by atoms with E-state index in [4.69, 9.17) is 40.2 Å². The van der Waals surface area contributed by atoms with Crippen molar-refractivity contribution in [1.82, 2.24) is 10.2 Å². The number of carbonyl (C=O) groups is 2. The van der Waals surface area contributed by atoms with E-state index in [1.807, 2.05) is 18.7 Å². The molecule has 0 saturated heterocycles. The van der Waals surface area contributed by atoms with E-state index in [0.29, 0.717) is 38.7 Å². The molecule has 1 aliphatic heterocycles. The van der Waals surface area contributed by atoms with E-state index in [9.17, 15) is 9.59 Å². The Morgan fingerprint density at radius 2 is 1.75 bits per heavy atom. The number of nitrogens with one attached hydrogen (secondary N) is 3. The normalized spacial score (nSPS) is 15.8. The van der Waals surface area contributed by atoms with Crippen LogP contribution in [-0.4, -0.2) is 35.7 Å². The Kier molecular flexibility index (Phi) is 7.60. The van der Waals surface area contributed by atoms with Crippen LogP contribution in [-0.2, 0) is 9.53 Å². The van der Waals surface area contributed by atoms with Crippen molar-refractivity contribution in [3.8, 4) is 0 Å².